The van der Waals surface area contributed by atoms with Crippen molar-refractivity contribution in [3.63, 3.8) is 0 Å². The summed E-state index contributed by atoms with van der Waals surface area (Å²) in [6, 6.07) is 17.2. The minimum atomic E-state index is -1.07. The molecule has 1 unspecified atom stereocenters. The van der Waals surface area contributed by atoms with E-state index in [2.05, 4.69) is 41.0 Å². The van der Waals surface area contributed by atoms with Crippen molar-refractivity contribution in [2.75, 3.05) is 10.7 Å². The van der Waals surface area contributed by atoms with Crippen LogP contribution in [0, 0.1) is 0 Å². The lowest BCUT2D eigenvalue weighted by molar-refractivity contribution is -0.124. The highest BCUT2D eigenvalue weighted by Gasteiger charge is 2.38. The molecule has 0 spiro atoms. The van der Waals surface area contributed by atoms with Crippen molar-refractivity contribution in [1.29, 1.82) is 0 Å². The molecule has 200 valence electrons. The van der Waals surface area contributed by atoms with Crippen LogP contribution in [0.4, 0.5) is 5.69 Å². The van der Waals surface area contributed by atoms with Gasteiger partial charge in [-0.3, -0.25) is 19.5 Å². The van der Waals surface area contributed by atoms with Gasteiger partial charge in [-0.2, -0.15) is 0 Å². The molecule has 2 aromatic carbocycles. The van der Waals surface area contributed by atoms with Gasteiger partial charge in [0.1, 0.15) is 11.7 Å². The number of anilines is 1. The quantitative estimate of drug-likeness (QED) is 0.323. The largest absolute Gasteiger partial charge is 0.390 e. The SMILES string of the molecule is CC(C)(C)c1ccc(N(C(=O)c2c[nH]cn2)C(C(=O)N[C@@H]2c3ccccc3SC[C@H]2O)c2cccnc2)cc1. The van der Waals surface area contributed by atoms with Gasteiger partial charge in [-0.1, -0.05) is 57.2 Å². The zero-order valence-corrected chi connectivity index (χ0v) is 22.9. The molecule has 4 aromatic rings. The maximum atomic E-state index is 14.2. The summed E-state index contributed by atoms with van der Waals surface area (Å²) in [5, 5.41) is 14.0. The number of hydrogen-bond donors (Lipinski definition) is 3. The Kier molecular flexibility index (Phi) is 7.54. The van der Waals surface area contributed by atoms with Crippen LogP contribution in [0.2, 0.25) is 0 Å². The molecule has 0 radical (unpaired) electrons. The van der Waals surface area contributed by atoms with Crippen LogP contribution in [-0.2, 0) is 10.2 Å². The van der Waals surface area contributed by atoms with E-state index in [1.807, 2.05) is 48.5 Å². The number of amides is 2. The summed E-state index contributed by atoms with van der Waals surface area (Å²) in [5.41, 5.74) is 3.11. The van der Waals surface area contributed by atoms with Gasteiger partial charge in [0.25, 0.3) is 5.91 Å². The van der Waals surface area contributed by atoms with Gasteiger partial charge in [0, 0.05) is 40.5 Å². The number of nitrogens with zero attached hydrogens (tertiary/aromatic N) is 3. The monoisotopic (exact) mass is 541 g/mol. The van der Waals surface area contributed by atoms with Crippen LogP contribution in [0.15, 0.2) is 90.5 Å². The first-order valence-corrected chi connectivity index (χ1v) is 13.8. The topological polar surface area (TPSA) is 111 Å². The van der Waals surface area contributed by atoms with E-state index in [9.17, 15) is 14.7 Å². The normalized spacial score (nSPS) is 17.6. The zero-order valence-electron chi connectivity index (χ0n) is 22.0. The first kappa shape index (κ1) is 26.6. The number of fused-ring (bicyclic) bond motifs is 1. The van der Waals surface area contributed by atoms with Gasteiger partial charge in [-0.15, -0.1) is 11.8 Å². The molecule has 3 heterocycles. The highest BCUT2D eigenvalue weighted by Crippen LogP contribution is 2.37. The van der Waals surface area contributed by atoms with Gasteiger partial charge >= 0.3 is 0 Å². The summed E-state index contributed by atoms with van der Waals surface area (Å²) in [7, 11) is 0. The maximum absolute atomic E-state index is 14.2. The molecule has 1 aliphatic rings. The average molecular weight is 542 g/mol. The Morgan fingerprint density at radius 2 is 1.87 bits per heavy atom. The summed E-state index contributed by atoms with van der Waals surface area (Å²) in [4.78, 5) is 41.9. The molecule has 0 bridgehead atoms. The number of aromatic nitrogens is 3. The fourth-order valence-electron chi connectivity index (χ4n) is 4.72. The van der Waals surface area contributed by atoms with Gasteiger partial charge in [0.2, 0.25) is 5.91 Å². The number of aliphatic hydroxyl groups is 1. The highest BCUT2D eigenvalue weighted by molar-refractivity contribution is 7.99. The molecule has 8 nitrogen and oxygen atoms in total. The van der Waals surface area contributed by atoms with E-state index in [1.165, 1.54) is 17.4 Å². The molecule has 0 aliphatic carbocycles. The first-order chi connectivity index (χ1) is 18.7. The number of thioether (sulfide) groups is 1. The van der Waals surface area contributed by atoms with E-state index in [4.69, 9.17) is 0 Å². The highest BCUT2D eigenvalue weighted by atomic mass is 32.2. The Labute approximate surface area is 231 Å². The Bertz CT molecular complexity index is 1440. The average Bonchev–Trinajstić information content (AvgIpc) is 3.48. The fourth-order valence-corrected chi connectivity index (χ4v) is 5.79. The lowest BCUT2D eigenvalue weighted by atomic mass is 9.87. The number of aromatic amines is 1. The van der Waals surface area contributed by atoms with Crippen molar-refractivity contribution < 1.29 is 14.7 Å². The van der Waals surface area contributed by atoms with Crippen molar-refractivity contribution in [3.05, 3.63) is 108 Å². The van der Waals surface area contributed by atoms with Crippen LogP contribution in [0.1, 0.15) is 60.0 Å². The van der Waals surface area contributed by atoms with Gasteiger partial charge in [-0.25, -0.2) is 4.98 Å². The van der Waals surface area contributed by atoms with Crippen molar-refractivity contribution in [2.24, 2.45) is 0 Å². The van der Waals surface area contributed by atoms with Crippen LogP contribution in [0.25, 0.3) is 0 Å². The molecule has 5 rings (SSSR count). The van der Waals surface area contributed by atoms with Crippen LogP contribution < -0.4 is 10.2 Å². The lowest BCUT2D eigenvalue weighted by Gasteiger charge is -2.35. The molecular weight excluding hydrogens is 510 g/mol. The first-order valence-electron chi connectivity index (χ1n) is 12.8. The zero-order chi connectivity index (χ0) is 27.6. The third-order valence-electron chi connectivity index (χ3n) is 6.80. The summed E-state index contributed by atoms with van der Waals surface area (Å²) < 4.78 is 0. The molecule has 0 saturated heterocycles. The second kappa shape index (κ2) is 11.0. The van der Waals surface area contributed by atoms with E-state index in [-0.39, 0.29) is 11.1 Å². The summed E-state index contributed by atoms with van der Waals surface area (Å²) in [6.45, 7) is 6.35. The van der Waals surface area contributed by atoms with E-state index in [1.54, 1.807) is 36.3 Å². The predicted octanol–water partition coefficient (Wildman–Crippen LogP) is 4.81. The Balaban J connectivity index is 1.59. The molecule has 9 heteroatoms. The molecule has 0 fully saturated rings. The number of hydrogen-bond acceptors (Lipinski definition) is 6. The minimum absolute atomic E-state index is 0.0851. The summed E-state index contributed by atoms with van der Waals surface area (Å²) >= 11 is 1.55. The Hall–Kier alpha value is -3.95. The number of carbonyl (C=O) groups excluding carboxylic acids is 2. The number of H-pyrrole nitrogens is 1. The number of aliphatic hydroxyl groups excluding tert-OH is 1. The summed E-state index contributed by atoms with van der Waals surface area (Å²) in [5.74, 6) is -0.426. The number of benzene rings is 2. The third kappa shape index (κ3) is 5.60. The Morgan fingerprint density at radius 1 is 1.10 bits per heavy atom. The smallest absolute Gasteiger partial charge is 0.279 e. The van der Waals surface area contributed by atoms with Crippen molar-refractivity contribution in [2.45, 2.75) is 49.3 Å². The molecule has 3 N–H and O–H groups in total. The van der Waals surface area contributed by atoms with Crippen LogP contribution in [-0.4, -0.2) is 43.7 Å². The molecule has 2 aromatic heterocycles. The van der Waals surface area contributed by atoms with E-state index in [0.29, 0.717) is 17.0 Å². The number of pyridine rings is 1. The van der Waals surface area contributed by atoms with Crippen LogP contribution >= 0.6 is 11.8 Å². The lowest BCUT2D eigenvalue weighted by Crippen LogP contribution is -2.48. The third-order valence-corrected chi connectivity index (χ3v) is 7.99. The number of imidazole rings is 1. The maximum Gasteiger partial charge on any atom is 0.279 e. The molecular formula is C30H31N5O3S. The van der Waals surface area contributed by atoms with Crippen molar-refractivity contribution >= 4 is 29.3 Å². The number of carbonyl (C=O) groups is 2. The van der Waals surface area contributed by atoms with Crippen molar-refractivity contribution in [1.82, 2.24) is 20.3 Å². The van der Waals surface area contributed by atoms with Gasteiger partial charge in [-0.05, 0) is 40.8 Å². The van der Waals surface area contributed by atoms with Crippen molar-refractivity contribution in [3.8, 4) is 0 Å². The van der Waals surface area contributed by atoms with E-state index in [0.717, 1.165) is 16.0 Å². The van der Waals surface area contributed by atoms with Gasteiger partial charge in [0.05, 0.1) is 18.5 Å². The van der Waals surface area contributed by atoms with E-state index >= 15 is 0 Å². The molecule has 2 amide bonds. The molecule has 0 saturated carbocycles. The van der Waals surface area contributed by atoms with Crippen LogP contribution in [0.5, 0.6) is 0 Å². The number of nitrogens with one attached hydrogen (secondary N) is 2. The van der Waals surface area contributed by atoms with Gasteiger partial charge < -0.3 is 15.4 Å². The van der Waals surface area contributed by atoms with Gasteiger partial charge in [0.15, 0.2) is 0 Å². The minimum Gasteiger partial charge on any atom is -0.390 e. The second-order valence-corrected chi connectivity index (χ2v) is 11.6. The summed E-state index contributed by atoms with van der Waals surface area (Å²) in [6.07, 6.45) is 5.36. The fraction of sp³-hybridized carbons (Fsp3) is 0.267. The van der Waals surface area contributed by atoms with Crippen LogP contribution in [0.3, 0.4) is 0 Å². The Morgan fingerprint density at radius 3 is 2.54 bits per heavy atom. The molecule has 3 atom stereocenters. The molecule has 1 aliphatic heterocycles. The predicted molar refractivity (Wildman–Crippen MR) is 152 cm³/mol. The molecule has 39 heavy (non-hydrogen) atoms. The van der Waals surface area contributed by atoms with E-state index < -0.39 is 30.0 Å². The number of rotatable bonds is 6. The second-order valence-electron chi connectivity index (χ2n) is 10.5. The standard InChI is InChI=1S/C30H31N5O3S/c1-30(2,3)20-10-12-21(13-11-20)35(29(38)23-16-32-18-33-23)27(19-7-6-14-31-15-19)28(37)34-26-22-8-4-5-9-25(22)39-17-24(26)36/h4-16,18,24,26-27,36H,17H2,1-3H3,(H,32,33)(H,34,37)/t24-,26-,27?/m1/s1.